The Bertz CT molecular complexity index is 798. The molecule has 0 bridgehead atoms. The number of furan rings is 1. The van der Waals surface area contributed by atoms with E-state index in [0.29, 0.717) is 5.76 Å². The molecule has 1 heterocycles. The van der Waals surface area contributed by atoms with Crippen molar-refractivity contribution < 1.29 is 13.2 Å². The van der Waals surface area contributed by atoms with Gasteiger partial charge in [0.2, 0.25) is 0 Å². The molecule has 21 heavy (non-hydrogen) atoms. The molecule has 0 aliphatic heterocycles. The molecule has 0 aliphatic rings. The summed E-state index contributed by atoms with van der Waals surface area (Å²) in [6, 6.07) is 10.2. The van der Waals surface area contributed by atoms with Crippen LogP contribution in [0.25, 0.3) is 11.0 Å². The van der Waals surface area contributed by atoms with E-state index in [1.165, 1.54) is 12.1 Å². The topological polar surface area (TPSA) is 51.2 Å². The number of nitrogens with one attached hydrogen (secondary N) is 1. The van der Waals surface area contributed by atoms with Crippen LogP contribution in [-0.2, 0) is 0 Å². The third-order valence-electron chi connectivity index (χ3n) is 3.48. The Kier molecular flexibility index (Phi) is 3.45. The van der Waals surface area contributed by atoms with E-state index >= 15 is 0 Å². The predicted octanol–water partition coefficient (Wildman–Crippen LogP) is 3.57. The maximum atomic E-state index is 13.9. The first-order valence-electron chi connectivity index (χ1n) is 6.50. The highest BCUT2D eigenvalue weighted by Gasteiger charge is 2.21. The highest BCUT2D eigenvalue weighted by molar-refractivity contribution is 5.81. The molecule has 2 aromatic carbocycles. The zero-order valence-corrected chi connectivity index (χ0v) is 11.4. The van der Waals surface area contributed by atoms with Crippen LogP contribution in [0.2, 0.25) is 0 Å². The van der Waals surface area contributed by atoms with Crippen molar-refractivity contribution in [3.05, 3.63) is 71.0 Å². The summed E-state index contributed by atoms with van der Waals surface area (Å²) in [4.78, 5) is 0. The van der Waals surface area contributed by atoms with Gasteiger partial charge in [0.15, 0.2) is 0 Å². The van der Waals surface area contributed by atoms with Gasteiger partial charge in [-0.1, -0.05) is 24.3 Å². The Morgan fingerprint density at radius 1 is 1.14 bits per heavy atom. The minimum Gasteiger partial charge on any atom is -0.459 e. The van der Waals surface area contributed by atoms with E-state index < -0.39 is 17.7 Å². The number of hydrogen-bond donors (Lipinski definition) is 2. The number of para-hydroxylation sites is 1. The first-order valence-corrected chi connectivity index (χ1v) is 6.50. The molecule has 1 unspecified atom stereocenters. The number of hydrazine groups is 1. The number of aryl methyl sites for hydroxylation is 1. The SMILES string of the molecule is Cc1cccc2cc(C(NN)c3ccc(F)cc3F)oc12. The van der Waals surface area contributed by atoms with Crippen molar-refractivity contribution in [1.29, 1.82) is 0 Å². The lowest BCUT2D eigenvalue weighted by molar-refractivity contribution is 0.459. The average molecular weight is 288 g/mol. The van der Waals surface area contributed by atoms with Crippen LogP contribution < -0.4 is 11.3 Å². The molecule has 1 aromatic heterocycles. The van der Waals surface area contributed by atoms with Crippen molar-refractivity contribution in [3.8, 4) is 0 Å². The van der Waals surface area contributed by atoms with E-state index in [2.05, 4.69) is 5.43 Å². The van der Waals surface area contributed by atoms with E-state index in [-0.39, 0.29) is 5.56 Å². The summed E-state index contributed by atoms with van der Waals surface area (Å²) in [7, 11) is 0. The summed E-state index contributed by atoms with van der Waals surface area (Å²) in [5, 5.41) is 0.910. The predicted molar refractivity (Wildman–Crippen MR) is 76.5 cm³/mol. The Hall–Kier alpha value is -2.24. The molecule has 0 amide bonds. The number of rotatable bonds is 3. The third-order valence-corrected chi connectivity index (χ3v) is 3.48. The van der Waals surface area contributed by atoms with Gasteiger partial charge in [0.05, 0.1) is 0 Å². The van der Waals surface area contributed by atoms with E-state index in [4.69, 9.17) is 10.3 Å². The smallest absolute Gasteiger partial charge is 0.137 e. The lowest BCUT2D eigenvalue weighted by Crippen LogP contribution is -2.29. The molecule has 0 saturated heterocycles. The zero-order chi connectivity index (χ0) is 15.0. The third kappa shape index (κ3) is 2.41. The highest BCUT2D eigenvalue weighted by atomic mass is 19.1. The lowest BCUT2D eigenvalue weighted by Gasteiger charge is -2.14. The normalized spacial score (nSPS) is 12.8. The monoisotopic (exact) mass is 288 g/mol. The van der Waals surface area contributed by atoms with Gasteiger partial charge < -0.3 is 4.42 Å². The van der Waals surface area contributed by atoms with Crippen molar-refractivity contribution in [2.45, 2.75) is 13.0 Å². The molecule has 3 nitrogen and oxygen atoms in total. The summed E-state index contributed by atoms with van der Waals surface area (Å²) in [5.74, 6) is 4.71. The van der Waals surface area contributed by atoms with Gasteiger partial charge in [-0.3, -0.25) is 5.84 Å². The van der Waals surface area contributed by atoms with Crippen LogP contribution in [0.3, 0.4) is 0 Å². The molecule has 5 heteroatoms. The number of nitrogens with two attached hydrogens (primary N) is 1. The molecule has 3 rings (SSSR count). The number of benzene rings is 2. The Balaban J connectivity index is 2.11. The summed E-state index contributed by atoms with van der Waals surface area (Å²) >= 11 is 0. The van der Waals surface area contributed by atoms with Gasteiger partial charge in [-0.25, -0.2) is 14.2 Å². The number of hydrogen-bond acceptors (Lipinski definition) is 3. The molecule has 0 spiro atoms. The maximum Gasteiger partial charge on any atom is 0.137 e. The average Bonchev–Trinajstić information content (AvgIpc) is 2.87. The largest absolute Gasteiger partial charge is 0.459 e. The first kappa shape index (κ1) is 13.7. The quantitative estimate of drug-likeness (QED) is 0.572. The van der Waals surface area contributed by atoms with E-state index in [1.54, 1.807) is 6.07 Å². The summed E-state index contributed by atoms with van der Waals surface area (Å²) in [6.07, 6.45) is 0. The van der Waals surface area contributed by atoms with Crippen molar-refractivity contribution in [3.63, 3.8) is 0 Å². The van der Waals surface area contributed by atoms with Crippen LogP contribution in [0.15, 0.2) is 46.9 Å². The number of halogens is 2. The summed E-state index contributed by atoms with van der Waals surface area (Å²) in [6.45, 7) is 1.93. The Labute approximate surface area is 120 Å². The van der Waals surface area contributed by atoms with Crippen LogP contribution in [0.4, 0.5) is 8.78 Å². The fourth-order valence-corrected chi connectivity index (χ4v) is 2.43. The second kappa shape index (κ2) is 5.27. The highest BCUT2D eigenvalue weighted by Crippen LogP contribution is 2.30. The molecule has 0 saturated carbocycles. The molecule has 0 fully saturated rings. The molecule has 0 aliphatic carbocycles. The van der Waals surface area contributed by atoms with Crippen LogP contribution in [-0.4, -0.2) is 0 Å². The van der Waals surface area contributed by atoms with Gasteiger partial charge in [0.25, 0.3) is 0 Å². The van der Waals surface area contributed by atoms with Gasteiger partial charge in [-0.2, -0.15) is 0 Å². The zero-order valence-electron chi connectivity index (χ0n) is 11.4. The van der Waals surface area contributed by atoms with Gasteiger partial charge in [-0.15, -0.1) is 0 Å². The maximum absolute atomic E-state index is 13.9. The summed E-state index contributed by atoms with van der Waals surface area (Å²) in [5.41, 5.74) is 4.46. The summed E-state index contributed by atoms with van der Waals surface area (Å²) < 4.78 is 32.7. The second-order valence-electron chi connectivity index (χ2n) is 4.91. The first-order chi connectivity index (χ1) is 10.1. The molecule has 1 atom stereocenters. The van der Waals surface area contributed by atoms with Crippen LogP contribution in [0, 0.1) is 18.6 Å². The molecule has 3 aromatic rings. The second-order valence-corrected chi connectivity index (χ2v) is 4.91. The fraction of sp³-hybridized carbons (Fsp3) is 0.125. The van der Waals surface area contributed by atoms with E-state index in [1.807, 2.05) is 25.1 Å². The molecular formula is C16H14F2N2O. The van der Waals surface area contributed by atoms with Gasteiger partial charge in [0.1, 0.15) is 29.0 Å². The van der Waals surface area contributed by atoms with Crippen LogP contribution in [0.1, 0.15) is 22.9 Å². The minimum atomic E-state index is -0.683. The molecule has 0 radical (unpaired) electrons. The van der Waals surface area contributed by atoms with Gasteiger partial charge >= 0.3 is 0 Å². The van der Waals surface area contributed by atoms with E-state index in [9.17, 15) is 8.78 Å². The Morgan fingerprint density at radius 3 is 2.62 bits per heavy atom. The molecule has 108 valence electrons. The minimum absolute atomic E-state index is 0.232. The molecular weight excluding hydrogens is 274 g/mol. The van der Waals surface area contributed by atoms with Crippen molar-refractivity contribution in [2.75, 3.05) is 0 Å². The fourth-order valence-electron chi connectivity index (χ4n) is 2.43. The van der Waals surface area contributed by atoms with Gasteiger partial charge in [-0.05, 0) is 24.6 Å². The lowest BCUT2D eigenvalue weighted by atomic mass is 10.0. The standard InChI is InChI=1S/C16H14F2N2O/c1-9-3-2-4-10-7-14(21-16(9)10)15(20-19)12-6-5-11(17)8-13(12)18/h2-8,15,20H,19H2,1H3. The van der Waals surface area contributed by atoms with Crippen LogP contribution in [0.5, 0.6) is 0 Å². The van der Waals surface area contributed by atoms with E-state index in [0.717, 1.165) is 22.6 Å². The number of fused-ring (bicyclic) bond motifs is 1. The Morgan fingerprint density at radius 2 is 1.95 bits per heavy atom. The van der Waals surface area contributed by atoms with Crippen molar-refractivity contribution in [1.82, 2.24) is 5.43 Å². The van der Waals surface area contributed by atoms with Gasteiger partial charge in [0, 0.05) is 17.0 Å². The van der Waals surface area contributed by atoms with Crippen LogP contribution >= 0.6 is 0 Å². The molecule has 3 N–H and O–H groups in total. The van der Waals surface area contributed by atoms with Crippen molar-refractivity contribution in [2.24, 2.45) is 5.84 Å². The van der Waals surface area contributed by atoms with Crippen molar-refractivity contribution >= 4 is 11.0 Å².